The SMILES string of the molecule is COc1ccccc1CN(Cc1cccs1)S(=O)(=O)c1ccccc1. The number of hydrogen-bond acceptors (Lipinski definition) is 4. The lowest BCUT2D eigenvalue weighted by Gasteiger charge is -2.23. The van der Waals surface area contributed by atoms with Crippen molar-refractivity contribution in [3.05, 3.63) is 82.6 Å². The van der Waals surface area contributed by atoms with E-state index in [0.717, 1.165) is 10.4 Å². The van der Waals surface area contributed by atoms with E-state index in [1.807, 2.05) is 47.8 Å². The third-order valence-corrected chi connectivity index (χ3v) is 6.50. The zero-order valence-corrected chi connectivity index (χ0v) is 15.5. The summed E-state index contributed by atoms with van der Waals surface area (Å²) in [7, 11) is -2.02. The van der Waals surface area contributed by atoms with Crippen LogP contribution in [0.5, 0.6) is 5.75 Å². The topological polar surface area (TPSA) is 46.6 Å². The van der Waals surface area contributed by atoms with E-state index >= 15 is 0 Å². The summed E-state index contributed by atoms with van der Waals surface area (Å²) in [6.45, 7) is 0.575. The average molecular weight is 373 g/mol. The first-order valence-electron chi connectivity index (χ1n) is 7.81. The van der Waals surface area contributed by atoms with Crippen molar-refractivity contribution in [3.63, 3.8) is 0 Å². The predicted molar refractivity (Wildman–Crippen MR) is 100 cm³/mol. The highest BCUT2D eigenvalue weighted by Crippen LogP contribution is 2.26. The lowest BCUT2D eigenvalue weighted by atomic mass is 10.2. The molecule has 0 unspecified atom stereocenters. The van der Waals surface area contributed by atoms with Gasteiger partial charge in [-0.25, -0.2) is 8.42 Å². The summed E-state index contributed by atoms with van der Waals surface area (Å²) in [4.78, 5) is 1.29. The summed E-state index contributed by atoms with van der Waals surface area (Å²) < 4.78 is 33.2. The second kappa shape index (κ2) is 7.82. The third-order valence-electron chi connectivity index (χ3n) is 3.83. The van der Waals surface area contributed by atoms with Gasteiger partial charge in [0.05, 0.1) is 12.0 Å². The fourth-order valence-electron chi connectivity index (χ4n) is 2.57. The van der Waals surface area contributed by atoms with Crippen LogP contribution in [0.1, 0.15) is 10.4 Å². The van der Waals surface area contributed by atoms with Gasteiger partial charge in [0.1, 0.15) is 5.75 Å². The molecule has 0 N–H and O–H groups in total. The molecule has 0 aliphatic carbocycles. The van der Waals surface area contributed by atoms with Gasteiger partial charge in [0, 0.05) is 23.5 Å². The van der Waals surface area contributed by atoms with Crippen molar-refractivity contribution in [2.75, 3.05) is 7.11 Å². The van der Waals surface area contributed by atoms with Gasteiger partial charge in [0.15, 0.2) is 0 Å². The number of hydrogen-bond donors (Lipinski definition) is 0. The average Bonchev–Trinajstić information content (AvgIpc) is 3.15. The standard InChI is InChI=1S/C19H19NO3S2/c1-23-19-12-6-5-8-16(19)14-20(15-17-9-7-13-24-17)25(21,22)18-10-3-2-4-11-18/h2-13H,14-15H2,1H3. The summed E-state index contributed by atoms with van der Waals surface area (Å²) in [6, 6.07) is 19.9. The molecule has 2 aromatic carbocycles. The van der Waals surface area contributed by atoms with E-state index in [-0.39, 0.29) is 6.54 Å². The van der Waals surface area contributed by atoms with E-state index in [1.54, 1.807) is 42.7 Å². The molecule has 25 heavy (non-hydrogen) atoms. The summed E-state index contributed by atoms with van der Waals surface area (Å²) in [6.07, 6.45) is 0. The van der Waals surface area contributed by atoms with Crippen LogP contribution in [0.25, 0.3) is 0 Å². The molecule has 0 saturated carbocycles. The monoisotopic (exact) mass is 373 g/mol. The number of thiophene rings is 1. The molecule has 1 heterocycles. The Hall–Kier alpha value is -2.15. The van der Waals surface area contributed by atoms with Crippen LogP contribution in [0.2, 0.25) is 0 Å². The van der Waals surface area contributed by atoms with Crippen LogP contribution >= 0.6 is 11.3 Å². The van der Waals surface area contributed by atoms with Gasteiger partial charge in [0.25, 0.3) is 0 Å². The fourth-order valence-corrected chi connectivity index (χ4v) is 4.79. The Balaban J connectivity index is 1.98. The largest absolute Gasteiger partial charge is 0.496 e. The maximum Gasteiger partial charge on any atom is 0.243 e. The number of rotatable bonds is 7. The van der Waals surface area contributed by atoms with Gasteiger partial charge in [-0.2, -0.15) is 4.31 Å². The highest BCUT2D eigenvalue weighted by atomic mass is 32.2. The number of sulfonamides is 1. The molecule has 1 aromatic heterocycles. The molecule has 0 spiro atoms. The Kier molecular flexibility index (Phi) is 5.53. The summed E-state index contributed by atoms with van der Waals surface area (Å²) in [5.41, 5.74) is 0.834. The smallest absolute Gasteiger partial charge is 0.243 e. The van der Waals surface area contributed by atoms with E-state index < -0.39 is 10.0 Å². The van der Waals surface area contributed by atoms with Gasteiger partial charge in [-0.3, -0.25) is 0 Å². The molecular formula is C19H19NO3S2. The van der Waals surface area contributed by atoms with Crippen LogP contribution in [0.3, 0.4) is 0 Å². The highest BCUT2D eigenvalue weighted by molar-refractivity contribution is 7.89. The molecule has 0 aliphatic rings. The molecule has 0 bridgehead atoms. The van der Waals surface area contributed by atoms with Gasteiger partial charge in [-0.05, 0) is 29.6 Å². The Bertz CT molecular complexity index is 907. The van der Waals surface area contributed by atoms with Crippen LogP contribution in [0, 0.1) is 0 Å². The molecular weight excluding hydrogens is 354 g/mol. The molecule has 0 fully saturated rings. The quantitative estimate of drug-likeness (QED) is 0.625. The summed E-state index contributed by atoms with van der Waals surface area (Å²) in [5, 5.41) is 1.95. The third kappa shape index (κ3) is 4.10. The zero-order chi connectivity index (χ0) is 17.7. The van der Waals surface area contributed by atoms with Gasteiger partial charge in [0.2, 0.25) is 10.0 Å². The first-order valence-corrected chi connectivity index (χ1v) is 10.1. The minimum absolute atomic E-state index is 0.249. The second-order valence-electron chi connectivity index (χ2n) is 5.48. The summed E-state index contributed by atoms with van der Waals surface area (Å²) >= 11 is 1.55. The molecule has 0 radical (unpaired) electrons. The van der Waals surface area contributed by atoms with Crippen molar-refractivity contribution >= 4 is 21.4 Å². The number of para-hydroxylation sites is 1. The van der Waals surface area contributed by atoms with Crippen LogP contribution in [-0.2, 0) is 23.1 Å². The zero-order valence-electron chi connectivity index (χ0n) is 13.8. The van der Waals surface area contributed by atoms with E-state index in [9.17, 15) is 8.42 Å². The molecule has 0 saturated heterocycles. The molecule has 4 nitrogen and oxygen atoms in total. The van der Waals surface area contributed by atoms with Gasteiger partial charge < -0.3 is 4.74 Å². The van der Waals surface area contributed by atoms with E-state index in [0.29, 0.717) is 17.2 Å². The second-order valence-corrected chi connectivity index (χ2v) is 8.45. The Labute approximate surface area is 152 Å². The minimum atomic E-state index is -3.62. The molecule has 6 heteroatoms. The van der Waals surface area contributed by atoms with Crippen molar-refractivity contribution in [1.82, 2.24) is 4.31 Å². The van der Waals surface area contributed by atoms with Crippen LogP contribution in [0.4, 0.5) is 0 Å². The van der Waals surface area contributed by atoms with E-state index in [4.69, 9.17) is 4.74 Å². The van der Waals surface area contributed by atoms with Crippen molar-refractivity contribution in [2.45, 2.75) is 18.0 Å². The molecule has 130 valence electrons. The Morgan fingerprint density at radius 3 is 2.32 bits per heavy atom. The molecule has 0 atom stereocenters. The highest BCUT2D eigenvalue weighted by Gasteiger charge is 2.26. The molecule has 0 aliphatic heterocycles. The Morgan fingerprint density at radius 1 is 0.920 bits per heavy atom. The van der Waals surface area contributed by atoms with Crippen molar-refractivity contribution < 1.29 is 13.2 Å². The fraction of sp³-hybridized carbons (Fsp3) is 0.158. The lowest BCUT2D eigenvalue weighted by Crippen LogP contribution is -2.30. The maximum atomic E-state index is 13.2. The lowest BCUT2D eigenvalue weighted by molar-refractivity contribution is 0.377. The van der Waals surface area contributed by atoms with Crippen LogP contribution in [0.15, 0.2) is 77.0 Å². The molecule has 3 aromatic rings. The molecule has 3 rings (SSSR count). The first-order chi connectivity index (χ1) is 12.1. The molecule has 0 amide bonds. The minimum Gasteiger partial charge on any atom is -0.496 e. The first kappa shape index (κ1) is 17.7. The van der Waals surface area contributed by atoms with Crippen LogP contribution < -0.4 is 4.74 Å². The normalized spacial score (nSPS) is 11.6. The van der Waals surface area contributed by atoms with Gasteiger partial charge >= 0.3 is 0 Å². The van der Waals surface area contributed by atoms with Crippen molar-refractivity contribution in [2.24, 2.45) is 0 Å². The van der Waals surface area contributed by atoms with Gasteiger partial charge in [-0.1, -0.05) is 42.5 Å². The maximum absolute atomic E-state index is 13.2. The van der Waals surface area contributed by atoms with Gasteiger partial charge in [-0.15, -0.1) is 11.3 Å². The van der Waals surface area contributed by atoms with Crippen molar-refractivity contribution in [3.8, 4) is 5.75 Å². The van der Waals surface area contributed by atoms with Crippen molar-refractivity contribution in [1.29, 1.82) is 0 Å². The number of benzene rings is 2. The van der Waals surface area contributed by atoms with Crippen LogP contribution in [-0.4, -0.2) is 19.8 Å². The number of methoxy groups -OCH3 is 1. The number of ether oxygens (including phenoxy) is 1. The van der Waals surface area contributed by atoms with E-state index in [2.05, 4.69) is 0 Å². The predicted octanol–water partition coefficient (Wildman–Crippen LogP) is 4.15. The Morgan fingerprint density at radius 2 is 1.64 bits per heavy atom. The van der Waals surface area contributed by atoms with E-state index in [1.165, 1.54) is 4.31 Å². The summed E-state index contributed by atoms with van der Waals surface area (Å²) in [5.74, 6) is 0.682. The number of nitrogens with zero attached hydrogens (tertiary/aromatic N) is 1.